The van der Waals surface area contributed by atoms with Crippen LogP contribution in [0.1, 0.15) is 40.0 Å². The van der Waals surface area contributed by atoms with Crippen molar-refractivity contribution in [2.24, 2.45) is 0 Å². The summed E-state index contributed by atoms with van der Waals surface area (Å²) in [7, 11) is 0. The van der Waals surface area contributed by atoms with Crippen molar-refractivity contribution in [3.63, 3.8) is 0 Å². The van der Waals surface area contributed by atoms with Crippen LogP contribution in [0.15, 0.2) is 18.5 Å². The second-order valence-electron chi connectivity index (χ2n) is 4.28. The molecule has 0 aromatic carbocycles. The summed E-state index contributed by atoms with van der Waals surface area (Å²) in [4.78, 5) is 6.56. The molecule has 1 heterocycles. The Morgan fingerprint density at radius 2 is 2.12 bits per heavy atom. The molecule has 3 heteroatoms. The predicted molar refractivity (Wildman–Crippen MR) is 70.7 cm³/mol. The molecule has 0 bridgehead atoms. The molecule has 0 fully saturated rings. The number of nitrogens with two attached hydrogens (primary N) is 1. The third kappa shape index (κ3) is 3.40. The van der Waals surface area contributed by atoms with Crippen LogP contribution >= 0.6 is 0 Å². The smallest absolute Gasteiger partial charge is 0.0575 e. The largest absolute Gasteiger partial charge is 0.397 e. The molecule has 90 valence electrons. The van der Waals surface area contributed by atoms with Gasteiger partial charge in [0.25, 0.3) is 0 Å². The van der Waals surface area contributed by atoms with Crippen LogP contribution in [0, 0.1) is 0 Å². The van der Waals surface area contributed by atoms with E-state index in [1.807, 2.05) is 12.3 Å². The molecule has 1 unspecified atom stereocenters. The average Bonchev–Trinajstić information content (AvgIpc) is 2.29. The first kappa shape index (κ1) is 12.8. The van der Waals surface area contributed by atoms with Crippen molar-refractivity contribution in [3.05, 3.63) is 18.5 Å². The number of hydrogen-bond acceptors (Lipinski definition) is 3. The molecule has 0 aliphatic carbocycles. The highest BCUT2D eigenvalue weighted by atomic mass is 15.2. The molecule has 0 amide bonds. The first-order valence-electron chi connectivity index (χ1n) is 6.16. The Morgan fingerprint density at radius 1 is 1.38 bits per heavy atom. The third-order valence-electron chi connectivity index (χ3n) is 2.95. The van der Waals surface area contributed by atoms with E-state index >= 15 is 0 Å². The van der Waals surface area contributed by atoms with Crippen LogP contribution in [0.25, 0.3) is 0 Å². The van der Waals surface area contributed by atoms with Crippen LogP contribution < -0.4 is 10.6 Å². The van der Waals surface area contributed by atoms with E-state index in [0.29, 0.717) is 6.04 Å². The van der Waals surface area contributed by atoms with Gasteiger partial charge in [-0.3, -0.25) is 4.98 Å². The Hall–Kier alpha value is -1.25. The van der Waals surface area contributed by atoms with E-state index in [-0.39, 0.29) is 0 Å². The van der Waals surface area contributed by atoms with Crippen LogP contribution in [-0.4, -0.2) is 17.6 Å². The lowest BCUT2D eigenvalue weighted by molar-refractivity contribution is 0.595. The molecule has 0 saturated carbocycles. The maximum Gasteiger partial charge on any atom is 0.0575 e. The summed E-state index contributed by atoms with van der Waals surface area (Å²) >= 11 is 0. The summed E-state index contributed by atoms with van der Waals surface area (Å²) in [5, 5.41) is 0. The molecule has 1 rings (SSSR count). The third-order valence-corrected chi connectivity index (χ3v) is 2.95. The van der Waals surface area contributed by atoms with Crippen molar-refractivity contribution in [1.29, 1.82) is 0 Å². The van der Waals surface area contributed by atoms with Crippen molar-refractivity contribution < 1.29 is 0 Å². The monoisotopic (exact) mass is 221 g/mol. The number of hydrogen-bond donors (Lipinski definition) is 1. The highest BCUT2D eigenvalue weighted by Crippen LogP contribution is 2.20. The van der Waals surface area contributed by atoms with E-state index in [1.165, 1.54) is 12.8 Å². The van der Waals surface area contributed by atoms with Crippen molar-refractivity contribution in [2.45, 2.75) is 46.1 Å². The Bertz CT molecular complexity index is 312. The number of nitrogen functional groups attached to an aromatic ring is 1. The molecule has 3 nitrogen and oxygen atoms in total. The van der Waals surface area contributed by atoms with Crippen LogP contribution in [0.5, 0.6) is 0 Å². The first-order valence-corrected chi connectivity index (χ1v) is 6.16. The number of unbranched alkanes of at least 4 members (excludes halogenated alkanes) is 1. The highest BCUT2D eigenvalue weighted by Gasteiger charge is 2.12. The van der Waals surface area contributed by atoms with E-state index in [1.54, 1.807) is 6.20 Å². The first-order chi connectivity index (χ1) is 7.69. The van der Waals surface area contributed by atoms with Gasteiger partial charge >= 0.3 is 0 Å². The normalized spacial score (nSPS) is 12.4. The molecular weight excluding hydrogens is 198 g/mol. The Labute approximate surface area is 98.7 Å². The molecule has 1 aromatic heterocycles. The molecule has 2 N–H and O–H groups in total. The van der Waals surface area contributed by atoms with E-state index in [0.717, 1.165) is 24.3 Å². The lowest BCUT2D eigenvalue weighted by atomic mass is 10.1. The summed E-state index contributed by atoms with van der Waals surface area (Å²) in [5.74, 6) is 0. The fourth-order valence-electron chi connectivity index (χ4n) is 1.75. The van der Waals surface area contributed by atoms with Crippen LogP contribution in [0.4, 0.5) is 11.4 Å². The SMILES string of the molecule is CCCCN(c1cncc(N)c1)C(C)CC. The summed E-state index contributed by atoms with van der Waals surface area (Å²) in [6.07, 6.45) is 7.15. The lowest BCUT2D eigenvalue weighted by Crippen LogP contribution is -2.33. The van der Waals surface area contributed by atoms with Gasteiger partial charge in [0.15, 0.2) is 0 Å². The number of anilines is 2. The molecule has 1 atom stereocenters. The van der Waals surface area contributed by atoms with Gasteiger partial charge in [-0.1, -0.05) is 20.3 Å². The van der Waals surface area contributed by atoms with E-state index in [2.05, 4.69) is 30.7 Å². The van der Waals surface area contributed by atoms with Gasteiger partial charge in [-0.2, -0.15) is 0 Å². The van der Waals surface area contributed by atoms with Gasteiger partial charge in [-0.15, -0.1) is 0 Å². The van der Waals surface area contributed by atoms with Crippen molar-refractivity contribution in [2.75, 3.05) is 17.2 Å². The summed E-state index contributed by atoms with van der Waals surface area (Å²) in [5.41, 5.74) is 7.66. The van der Waals surface area contributed by atoms with Gasteiger partial charge in [-0.05, 0) is 25.8 Å². The summed E-state index contributed by atoms with van der Waals surface area (Å²) < 4.78 is 0. The van der Waals surface area contributed by atoms with Gasteiger partial charge in [-0.25, -0.2) is 0 Å². The van der Waals surface area contributed by atoms with Gasteiger partial charge in [0.05, 0.1) is 17.6 Å². The summed E-state index contributed by atoms with van der Waals surface area (Å²) in [6.45, 7) is 7.76. The van der Waals surface area contributed by atoms with Crippen LogP contribution in [0.3, 0.4) is 0 Å². The quantitative estimate of drug-likeness (QED) is 0.802. The number of nitrogens with zero attached hydrogens (tertiary/aromatic N) is 2. The summed E-state index contributed by atoms with van der Waals surface area (Å²) in [6, 6.07) is 2.55. The zero-order chi connectivity index (χ0) is 12.0. The molecule has 0 aliphatic heterocycles. The topological polar surface area (TPSA) is 42.2 Å². The Kier molecular flexibility index (Phi) is 5.09. The van der Waals surface area contributed by atoms with Crippen LogP contribution in [0.2, 0.25) is 0 Å². The van der Waals surface area contributed by atoms with Gasteiger partial charge in [0.2, 0.25) is 0 Å². The standard InChI is InChI=1S/C13H23N3/c1-4-6-7-16(11(3)5-2)13-8-12(14)9-15-10-13/h8-11H,4-7,14H2,1-3H3. The fourth-order valence-corrected chi connectivity index (χ4v) is 1.75. The Morgan fingerprint density at radius 3 is 2.69 bits per heavy atom. The highest BCUT2D eigenvalue weighted by molar-refractivity contribution is 5.53. The second-order valence-corrected chi connectivity index (χ2v) is 4.28. The Balaban J connectivity index is 2.82. The zero-order valence-corrected chi connectivity index (χ0v) is 10.6. The molecule has 0 radical (unpaired) electrons. The van der Waals surface area contributed by atoms with E-state index < -0.39 is 0 Å². The van der Waals surface area contributed by atoms with E-state index in [9.17, 15) is 0 Å². The predicted octanol–water partition coefficient (Wildman–Crippen LogP) is 3.07. The second kappa shape index (κ2) is 6.36. The van der Waals surface area contributed by atoms with Crippen molar-refractivity contribution in [3.8, 4) is 0 Å². The molecule has 0 saturated heterocycles. The van der Waals surface area contributed by atoms with Crippen molar-refractivity contribution in [1.82, 2.24) is 4.98 Å². The number of pyridine rings is 1. The van der Waals surface area contributed by atoms with Gasteiger partial charge in [0.1, 0.15) is 0 Å². The van der Waals surface area contributed by atoms with Crippen LogP contribution in [-0.2, 0) is 0 Å². The van der Waals surface area contributed by atoms with Gasteiger partial charge < -0.3 is 10.6 Å². The minimum absolute atomic E-state index is 0.537. The molecule has 1 aromatic rings. The number of aromatic nitrogens is 1. The minimum Gasteiger partial charge on any atom is -0.397 e. The minimum atomic E-state index is 0.537. The van der Waals surface area contributed by atoms with E-state index in [4.69, 9.17) is 5.73 Å². The average molecular weight is 221 g/mol. The maximum atomic E-state index is 5.78. The molecule has 16 heavy (non-hydrogen) atoms. The fraction of sp³-hybridized carbons (Fsp3) is 0.615. The molecular formula is C13H23N3. The van der Waals surface area contributed by atoms with Gasteiger partial charge in [0, 0.05) is 18.8 Å². The molecule has 0 aliphatic rings. The maximum absolute atomic E-state index is 5.78. The molecule has 0 spiro atoms. The number of rotatable bonds is 6. The van der Waals surface area contributed by atoms with Crippen molar-refractivity contribution >= 4 is 11.4 Å². The zero-order valence-electron chi connectivity index (χ0n) is 10.6. The lowest BCUT2D eigenvalue weighted by Gasteiger charge is -2.30.